The molecule has 15 N–H and O–H groups in total. The van der Waals surface area contributed by atoms with Gasteiger partial charge in [0.25, 0.3) is 0 Å². The van der Waals surface area contributed by atoms with Gasteiger partial charge in [-0.15, -0.1) is 0 Å². The fourth-order valence-corrected chi connectivity index (χ4v) is 6.63. The van der Waals surface area contributed by atoms with E-state index < -0.39 is 156 Å². The number of aliphatic carboxylic acids is 3. The Balaban J connectivity index is 2.63. The van der Waals surface area contributed by atoms with Crippen LogP contribution >= 0.6 is 0 Å². The number of fused-ring (bicyclic) bond motifs is 2. The molecule has 2 bridgehead atoms. The maximum Gasteiger partial charge on any atom is 0.321 e. The van der Waals surface area contributed by atoms with E-state index in [9.17, 15) is 90.0 Å². The van der Waals surface area contributed by atoms with Crippen molar-refractivity contribution in [2.45, 2.75) is 79.9 Å². The number of carboxylic acids is 3. The van der Waals surface area contributed by atoms with Gasteiger partial charge in [-0.05, 0) is 25.0 Å². The third-order valence-electron chi connectivity index (χ3n) is 10.7. The lowest BCUT2D eigenvalue weighted by Gasteiger charge is -2.37. The number of hydrogen-bond acceptors (Lipinski definition) is 19. The molecule has 3 unspecified atom stereocenters. The van der Waals surface area contributed by atoms with Gasteiger partial charge < -0.3 is 77.2 Å². The van der Waals surface area contributed by atoms with Crippen LogP contribution in [0.3, 0.4) is 0 Å². The quantitative estimate of drug-likeness (QED) is 0.0411. The summed E-state index contributed by atoms with van der Waals surface area (Å²) in [7, 11) is 0. The Bertz CT molecular complexity index is 1600. The van der Waals surface area contributed by atoms with Crippen molar-refractivity contribution >= 4 is 35.6 Å². The maximum absolute atomic E-state index is 13.2. The van der Waals surface area contributed by atoms with Crippen molar-refractivity contribution in [2.75, 3.05) is 85.6 Å². The smallest absolute Gasteiger partial charge is 0.321 e. The van der Waals surface area contributed by atoms with E-state index in [-0.39, 0.29) is 57.1 Å². The first-order valence-electron chi connectivity index (χ1n) is 19.6. The summed E-state index contributed by atoms with van der Waals surface area (Å²) in [5, 5.41) is 125. The lowest BCUT2D eigenvalue weighted by atomic mass is 10.0. The van der Waals surface area contributed by atoms with Crippen LogP contribution in [0.4, 0.5) is 0 Å². The monoisotopic (exact) mass is 891 g/mol. The van der Waals surface area contributed by atoms with Crippen molar-refractivity contribution in [3.63, 3.8) is 0 Å². The summed E-state index contributed by atoms with van der Waals surface area (Å²) in [6.45, 7) is -9.27. The van der Waals surface area contributed by atoms with Crippen molar-refractivity contribution in [1.82, 2.24) is 35.6 Å². The lowest BCUT2D eigenvalue weighted by molar-refractivity contribution is -0.148. The highest BCUT2D eigenvalue weighted by Gasteiger charge is 2.38. The first-order valence-corrected chi connectivity index (χ1v) is 19.6. The Kier molecular flexibility index (Phi) is 22.1. The van der Waals surface area contributed by atoms with Gasteiger partial charge in [0.05, 0.1) is 77.3 Å². The van der Waals surface area contributed by atoms with Crippen LogP contribution in [0.15, 0.2) is 18.2 Å². The van der Waals surface area contributed by atoms with Gasteiger partial charge in [0.2, 0.25) is 17.7 Å². The third kappa shape index (κ3) is 15.4. The second-order valence-electron chi connectivity index (χ2n) is 15.3. The molecule has 0 saturated heterocycles. The van der Waals surface area contributed by atoms with Crippen molar-refractivity contribution in [3.8, 4) is 0 Å². The molecule has 0 radical (unpaired) electrons. The largest absolute Gasteiger partial charge is 0.480 e. The summed E-state index contributed by atoms with van der Waals surface area (Å²) in [6.07, 6.45) is -2.56. The Morgan fingerprint density at radius 3 is 1.15 bits per heavy atom. The summed E-state index contributed by atoms with van der Waals surface area (Å²) in [4.78, 5) is 86.2. The van der Waals surface area contributed by atoms with Crippen molar-refractivity contribution in [1.29, 1.82) is 0 Å². The molecule has 0 spiro atoms. The number of rotatable bonds is 26. The van der Waals surface area contributed by atoms with E-state index in [2.05, 4.69) is 20.9 Å². The van der Waals surface area contributed by atoms with Crippen LogP contribution in [0, 0.1) is 0 Å². The highest BCUT2D eigenvalue weighted by atomic mass is 16.4. The molecular weight excluding hydrogens is 830 g/mol. The molecule has 25 nitrogen and oxygen atoms in total. The predicted molar refractivity (Wildman–Crippen MR) is 210 cm³/mol. The van der Waals surface area contributed by atoms with Gasteiger partial charge in [-0.2, -0.15) is 0 Å². The van der Waals surface area contributed by atoms with Crippen LogP contribution in [0.1, 0.15) is 43.5 Å². The summed E-state index contributed by atoms with van der Waals surface area (Å²) in [5.41, 5.74) is -4.99. The van der Waals surface area contributed by atoms with Gasteiger partial charge in [0.1, 0.15) is 34.7 Å². The number of aliphatic hydroxyl groups excluding tert-OH is 9. The molecule has 1 aromatic heterocycles. The van der Waals surface area contributed by atoms with E-state index in [4.69, 9.17) is 0 Å². The van der Waals surface area contributed by atoms with E-state index in [1.807, 2.05) is 0 Å². The Hall–Kier alpha value is -4.51. The van der Waals surface area contributed by atoms with Crippen molar-refractivity contribution in [2.24, 2.45) is 0 Å². The molecule has 3 amide bonds. The molecule has 1 aromatic rings. The number of nitrogens with zero attached hydrogens (tertiary/aromatic N) is 4. The Morgan fingerprint density at radius 2 is 0.806 bits per heavy atom. The SMILES string of the molecule is O=C(CCC(C(=O)O)N1CCN(C(CCC(=O)NC(CO)(CO)CO)C(=O)O)Cc2cccc(n2)CN(C(CC(=O)NC(CO)(CO)CO)C(=O)O)CC1)NC(CO)(CO)CO. The predicted octanol–water partition coefficient (Wildman–Crippen LogP) is -7.19. The third-order valence-corrected chi connectivity index (χ3v) is 10.7. The van der Waals surface area contributed by atoms with E-state index >= 15 is 0 Å². The number of aromatic nitrogens is 1. The molecule has 0 aliphatic carbocycles. The van der Waals surface area contributed by atoms with E-state index in [1.165, 1.54) is 26.8 Å². The molecular formula is C37H61N7O18. The number of carbonyl (C=O) groups excluding carboxylic acids is 3. The fraction of sp³-hybridized carbons (Fsp3) is 0.703. The zero-order valence-corrected chi connectivity index (χ0v) is 34.2. The van der Waals surface area contributed by atoms with Crippen LogP contribution in [-0.4, -0.2) is 237 Å². The number of carboxylic acid groups (broad SMARTS) is 3. The maximum atomic E-state index is 13.2. The van der Waals surface area contributed by atoms with Crippen LogP contribution in [0.25, 0.3) is 0 Å². The van der Waals surface area contributed by atoms with Crippen LogP contribution in [0.5, 0.6) is 0 Å². The molecule has 1 aliphatic rings. The molecule has 25 heteroatoms. The standard InChI is InChI=1S/C37H61N7O18/c45-15-35(16-46,17-47)39-29(54)6-4-26(32(57)58)42-8-10-43(27(33(59)60)5-7-30(55)40-36(18-48,19-49)20-50)13-24-2-1-3-25(38-24)14-44(11-9-42)28(34(61)62)12-31(56)41-37(21-51,22-52)23-53/h1-3,26-28,45-53H,4-23H2,(H,39,54)(H,40,55)(H,41,56)(H,57,58)(H,59,60)(H,61,62). The average molecular weight is 892 g/mol. The number of carbonyl (C=O) groups is 6. The highest BCUT2D eigenvalue weighted by Crippen LogP contribution is 2.20. The van der Waals surface area contributed by atoms with Gasteiger partial charge in [-0.1, -0.05) is 6.07 Å². The molecule has 62 heavy (non-hydrogen) atoms. The van der Waals surface area contributed by atoms with Gasteiger partial charge in [-0.25, -0.2) is 0 Å². The number of pyridine rings is 1. The van der Waals surface area contributed by atoms with Gasteiger partial charge in [-0.3, -0.25) is 48.5 Å². The van der Waals surface area contributed by atoms with Crippen molar-refractivity contribution < 1.29 is 90.0 Å². The topological polar surface area (TPSA) is 404 Å². The van der Waals surface area contributed by atoms with E-state index in [1.54, 1.807) is 6.07 Å². The first-order chi connectivity index (χ1) is 29.4. The number of hydrogen-bond donors (Lipinski definition) is 15. The second kappa shape index (κ2) is 25.6. The molecule has 2 rings (SSSR count). The zero-order chi connectivity index (χ0) is 46.7. The number of nitrogens with one attached hydrogen (secondary N) is 3. The fourth-order valence-electron chi connectivity index (χ4n) is 6.63. The zero-order valence-electron chi connectivity index (χ0n) is 34.2. The minimum absolute atomic E-state index is 0.212. The van der Waals surface area contributed by atoms with Crippen LogP contribution in [0.2, 0.25) is 0 Å². The van der Waals surface area contributed by atoms with Crippen LogP contribution < -0.4 is 16.0 Å². The van der Waals surface area contributed by atoms with Crippen LogP contribution in [-0.2, 0) is 41.9 Å². The molecule has 0 saturated carbocycles. The number of amides is 3. The molecule has 0 fully saturated rings. The highest BCUT2D eigenvalue weighted by molar-refractivity contribution is 5.85. The van der Waals surface area contributed by atoms with Gasteiger partial charge in [0, 0.05) is 52.1 Å². The summed E-state index contributed by atoms with van der Waals surface area (Å²) < 4.78 is 0. The molecule has 2 heterocycles. The molecule has 1 aliphatic heterocycles. The minimum Gasteiger partial charge on any atom is -0.480 e. The lowest BCUT2D eigenvalue weighted by Crippen LogP contribution is -2.58. The summed E-state index contributed by atoms with van der Waals surface area (Å²) in [6, 6.07) is 0.0269. The summed E-state index contributed by atoms with van der Waals surface area (Å²) in [5.74, 6) is -6.98. The summed E-state index contributed by atoms with van der Waals surface area (Å²) >= 11 is 0. The molecule has 352 valence electrons. The Morgan fingerprint density at radius 1 is 0.500 bits per heavy atom. The van der Waals surface area contributed by atoms with Crippen molar-refractivity contribution in [3.05, 3.63) is 29.6 Å². The molecule has 3 atom stereocenters. The second-order valence-corrected chi connectivity index (χ2v) is 15.3. The van der Waals surface area contributed by atoms with Gasteiger partial charge in [0.15, 0.2) is 0 Å². The van der Waals surface area contributed by atoms with Gasteiger partial charge >= 0.3 is 17.9 Å². The average Bonchev–Trinajstić information content (AvgIpc) is 3.25. The minimum atomic E-state index is -1.88. The Labute approximate surface area is 356 Å². The molecule has 0 aromatic carbocycles. The van der Waals surface area contributed by atoms with E-state index in [0.717, 1.165) is 0 Å². The van der Waals surface area contributed by atoms with E-state index in [0.29, 0.717) is 0 Å². The first kappa shape index (κ1) is 53.6. The number of aliphatic hydroxyl groups is 9. The normalized spacial score (nSPS) is 16.5.